The summed E-state index contributed by atoms with van der Waals surface area (Å²) in [7, 11) is -5.66. The number of nitrogens with zero attached hydrogens (tertiary/aromatic N) is 1. The largest absolute Gasteiger partial charge is 0.392 e. The molecule has 0 saturated heterocycles. The second-order valence-corrected chi connectivity index (χ2v) is 9.18. The molecular weight excluding hydrogens is 314 g/mol. The summed E-state index contributed by atoms with van der Waals surface area (Å²) >= 11 is 0. The molecule has 1 rings (SSSR count). The minimum absolute atomic E-state index is 0.103. The number of sulfonamides is 1. The Morgan fingerprint density at radius 2 is 1.81 bits per heavy atom. The maximum atomic E-state index is 12.5. The van der Waals surface area contributed by atoms with Gasteiger partial charge < -0.3 is 5.11 Å². The van der Waals surface area contributed by atoms with Crippen LogP contribution in [0.2, 0.25) is 0 Å². The number of rotatable bonds is 7. The van der Waals surface area contributed by atoms with Crippen LogP contribution in [0.1, 0.15) is 18.1 Å². The van der Waals surface area contributed by atoms with Gasteiger partial charge in [0.05, 0.1) is 17.3 Å². The molecule has 0 spiro atoms. The molecule has 0 atom stereocenters. The van der Waals surface area contributed by atoms with Crippen molar-refractivity contribution in [2.45, 2.75) is 24.8 Å². The topological polar surface area (TPSA) is 91.8 Å². The summed E-state index contributed by atoms with van der Waals surface area (Å²) in [5, 5.41) is 9.15. The number of aliphatic hydroxyl groups is 1. The lowest BCUT2D eigenvalue weighted by atomic mass is 10.1. The molecule has 0 fully saturated rings. The molecule has 120 valence electrons. The van der Waals surface area contributed by atoms with E-state index in [9.17, 15) is 16.8 Å². The third kappa shape index (κ3) is 4.77. The first-order chi connectivity index (χ1) is 9.61. The van der Waals surface area contributed by atoms with E-state index in [0.29, 0.717) is 17.5 Å². The Labute approximate surface area is 126 Å². The van der Waals surface area contributed by atoms with Gasteiger partial charge in [-0.3, -0.25) is 0 Å². The second kappa shape index (κ2) is 6.87. The van der Waals surface area contributed by atoms with Crippen molar-refractivity contribution in [2.75, 3.05) is 25.6 Å². The first kappa shape index (κ1) is 18.1. The number of sulfone groups is 1. The molecule has 0 aromatic heterocycles. The molecule has 0 heterocycles. The molecule has 1 N–H and O–H groups in total. The SMILES string of the molecule is CCc1ccc(CO)cc1S(=O)(=O)N(C)CCS(C)(=O)=O. The monoisotopic (exact) mass is 335 g/mol. The standard InChI is InChI=1S/C13H21NO5S2/c1-4-12-6-5-11(10-15)9-13(12)21(18,19)14(2)7-8-20(3,16)17/h5-6,9,15H,4,7-8,10H2,1-3H3. The molecule has 0 radical (unpaired) electrons. The number of aliphatic hydroxyl groups excluding tert-OH is 1. The maximum Gasteiger partial charge on any atom is 0.243 e. The third-order valence-corrected chi connectivity index (χ3v) is 6.02. The highest BCUT2D eigenvalue weighted by atomic mass is 32.2. The molecule has 0 amide bonds. The van der Waals surface area contributed by atoms with E-state index in [1.807, 2.05) is 6.92 Å². The van der Waals surface area contributed by atoms with E-state index in [1.54, 1.807) is 12.1 Å². The molecule has 21 heavy (non-hydrogen) atoms. The Kier molecular flexibility index (Phi) is 5.92. The lowest BCUT2D eigenvalue weighted by molar-refractivity contribution is 0.281. The Bertz CT molecular complexity index is 695. The summed E-state index contributed by atoms with van der Waals surface area (Å²) < 4.78 is 48.5. The zero-order valence-corrected chi connectivity index (χ0v) is 14.0. The van der Waals surface area contributed by atoms with E-state index in [1.165, 1.54) is 13.1 Å². The molecule has 0 saturated carbocycles. The van der Waals surface area contributed by atoms with Gasteiger partial charge in [0.15, 0.2) is 0 Å². The maximum absolute atomic E-state index is 12.5. The number of benzene rings is 1. The Morgan fingerprint density at radius 3 is 2.29 bits per heavy atom. The fraction of sp³-hybridized carbons (Fsp3) is 0.538. The lowest BCUT2D eigenvalue weighted by Crippen LogP contribution is -2.32. The summed E-state index contributed by atoms with van der Waals surface area (Å²) in [6.07, 6.45) is 1.59. The smallest absolute Gasteiger partial charge is 0.243 e. The Hall–Kier alpha value is -0.960. The van der Waals surface area contributed by atoms with Crippen LogP contribution in [-0.4, -0.2) is 51.8 Å². The van der Waals surface area contributed by atoms with Crippen LogP contribution in [0.25, 0.3) is 0 Å². The highest BCUT2D eigenvalue weighted by molar-refractivity contribution is 7.91. The van der Waals surface area contributed by atoms with E-state index >= 15 is 0 Å². The van der Waals surface area contributed by atoms with Crippen molar-refractivity contribution in [3.8, 4) is 0 Å². The normalized spacial score (nSPS) is 12.8. The van der Waals surface area contributed by atoms with Crippen molar-refractivity contribution in [3.05, 3.63) is 29.3 Å². The number of hydrogen-bond acceptors (Lipinski definition) is 5. The van der Waals surface area contributed by atoms with Crippen LogP contribution in [0.4, 0.5) is 0 Å². The molecule has 1 aromatic carbocycles. The van der Waals surface area contributed by atoms with Crippen LogP contribution >= 0.6 is 0 Å². The van der Waals surface area contributed by atoms with Crippen molar-refractivity contribution in [3.63, 3.8) is 0 Å². The molecule has 0 bridgehead atoms. The molecule has 8 heteroatoms. The Morgan fingerprint density at radius 1 is 1.19 bits per heavy atom. The minimum Gasteiger partial charge on any atom is -0.392 e. The summed E-state index contributed by atoms with van der Waals surface area (Å²) in [5.74, 6) is -0.232. The van der Waals surface area contributed by atoms with Gasteiger partial charge in [-0.15, -0.1) is 0 Å². The van der Waals surface area contributed by atoms with Gasteiger partial charge in [-0.05, 0) is 23.6 Å². The van der Waals surface area contributed by atoms with Crippen molar-refractivity contribution >= 4 is 19.9 Å². The van der Waals surface area contributed by atoms with Crippen LogP contribution in [-0.2, 0) is 32.9 Å². The minimum atomic E-state index is -3.78. The molecule has 6 nitrogen and oxygen atoms in total. The van der Waals surface area contributed by atoms with Crippen LogP contribution in [0, 0.1) is 0 Å². The van der Waals surface area contributed by atoms with Gasteiger partial charge in [0, 0.05) is 19.8 Å². The zero-order valence-electron chi connectivity index (χ0n) is 12.4. The number of aryl methyl sites for hydroxylation is 1. The quantitative estimate of drug-likeness (QED) is 0.779. The summed E-state index contributed by atoms with van der Waals surface area (Å²) in [4.78, 5) is 0.118. The molecular formula is C13H21NO5S2. The fourth-order valence-corrected chi connectivity index (χ4v) is 4.04. The average molecular weight is 335 g/mol. The first-order valence-corrected chi connectivity index (χ1v) is 9.98. The summed E-state index contributed by atoms with van der Waals surface area (Å²) in [6.45, 7) is 1.48. The van der Waals surface area contributed by atoms with Crippen molar-refractivity contribution in [2.24, 2.45) is 0 Å². The highest BCUT2D eigenvalue weighted by Crippen LogP contribution is 2.22. The second-order valence-electron chi connectivity index (χ2n) is 4.91. The van der Waals surface area contributed by atoms with Gasteiger partial charge in [-0.2, -0.15) is 4.31 Å². The molecule has 0 unspecified atom stereocenters. The van der Waals surface area contributed by atoms with E-state index < -0.39 is 19.9 Å². The average Bonchev–Trinajstić information content (AvgIpc) is 2.42. The van der Waals surface area contributed by atoms with Crippen molar-refractivity contribution < 1.29 is 21.9 Å². The zero-order chi connectivity index (χ0) is 16.3. The van der Waals surface area contributed by atoms with Gasteiger partial charge in [0.1, 0.15) is 9.84 Å². The number of hydrogen-bond donors (Lipinski definition) is 1. The van der Waals surface area contributed by atoms with Gasteiger partial charge >= 0.3 is 0 Å². The van der Waals surface area contributed by atoms with Gasteiger partial charge in [0.2, 0.25) is 10.0 Å². The van der Waals surface area contributed by atoms with Crippen LogP contribution in [0.15, 0.2) is 23.1 Å². The van der Waals surface area contributed by atoms with Crippen molar-refractivity contribution in [1.82, 2.24) is 4.31 Å². The van der Waals surface area contributed by atoms with Gasteiger partial charge in [-0.25, -0.2) is 16.8 Å². The van der Waals surface area contributed by atoms with E-state index in [-0.39, 0.29) is 23.8 Å². The molecule has 0 aliphatic rings. The summed E-state index contributed by atoms with van der Waals surface area (Å²) in [5.41, 5.74) is 1.14. The molecule has 0 aliphatic heterocycles. The first-order valence-electron chi connectivity index (χ1n) is 6.48. The van der Waals surface area contributed by atoms with Crippen LogP contribution in [0.5, 0.6) is 0 Å². The third-order valence-electron chi connectivity index (χ3n) is 3.16. The lowest BCUT2D eigenvalue weighted by Gasteiger charge is -2.19. The predicted octanol–water partition coefficient (Wildman–Crippen LogP) is 0.406. The van der Waals surface area contributed by atoms with Crippen molar-refractivity contribution in [1.29, 1.82) is 0 Å². The van der Waals surface area contributed by atoms with Crippen LogP contribution in [0.3, 0.4) is 0 Å². The Balaban J connectivity index is 3.17. The highest BCUT2D eigenvalue weighted by Gasteiger charge is 2.24. The van der Waals surface area contributed by atoms with Crippen LogP contribution < -0.4 is 0 Å². The summed E-state index contributed by atoms with van der Waals surface area (Å²) in [6, 6.07) is 4.78. The van der Waals surface area contributed by atoms with E-state index in [4.69, 9.17) is 5.11 Å². The fourth-order valence-electron chi connectivity index (χ4n) is 1.81. The predicted molar refractivity (Wildman–Crippen MR) is 81.3 cm³/mol. The van der Waals surface area contributed by atoms with Gasteiger partial charge in [-0.1, -0.05) is 19.1 Å². The van der Waals surface area contributed by atoms with E-state index in [0.717, 1.165) is 10.6 Å². The molecule has 0 aliphatic carbocycles. The van der Waals surface area contributed by atoms with E-state index in [2.05, 4.69) is 0 Å². The van der Waals surface area contributed by atoms with Gasteiger partial charge in [0.25, 0.3) is 0 Å². The molecule has 1 aromatic rings.